The average molecular weight is 284 g/mol. The smallest absolute Gasteiger partial charge is 0.234 e. The molecule has 0 saturated heterocycles. The molecular weight excluding hydrogens is 264 g/mol. The van der Waals surface area contributed by atoms with E-state index in [1.54, 1.807) is 12.3 Å². The van der Waals surface area contributed by atoms with Crippen LogP contribution in [0.3, 0.4) is 0 Å². The summed E-state index contributed by atoms with van der Waals surface area (Å²) in [5.74, 6) is 0.728. The number of carbonyl (C=O) groups is 1. The predicted molar refractivity (Wildman–Crippen MR) is 82.5 cm³/mol. The molecule has 1 N–H and O–H groups in total. The third kappa shape index (κ3) is 5.28. The van der Waals surface area contributed by atoms with Gasteiger partial charge in [0.05, 0.1) is 19.4 Å². The van der Waals surface area contributed by atoms with Crippen molar-refractivity contribution in [2.45, 2.75) is 13.1 Å². The van der Waals surface area contributed by atoms with E-state index in [1.165, 1.54) is 5.56 Å². The van der Waals surface area contributed by atoms with Crippen LogP contribution in [0.25, 0.3) is 0 Å². The molecule has 0 spiro atoms. The molecular formula is C17H20N2O2. The van der Waals surface area contributed by atoms with Gasteiger partial charge in [0.2, 0.25) is 5.91 Å². The Morgan fingerprint density at radius 1 is 1.24 bits per heavy atom. The predicted octanol–water partition coefficient (Wildman–Crippen LogP) is 2.58. The zero-order valence-corrected chi connectivity index (χ0v) is 12.0. The molecule has 0 atom stereocenters. The van der Waals surface area contributed by atoms with Crippen LogP contribution in [0, 0.1) is 0 Å². The third-order valence-corrected chi connectivity index (χ3v) is 3.04. The van der Waals surface area contributed by atoms with Gasteiger partial charge >= 0.3 is 0 Å². The fourth-order valence-corrected chi connectivity index (χ4v) is 2.07. The first kappa shape index (κ1) is 15.1. The number of hydrogen-bond donors (Lipinski definition) is 1. The van der Waals surface area contributed by atoms with Crippen LogP contribution < -0.4 is 5.32 Å². The van der Waals surface area contributed by atoms with Crippen molar-refractivity contribution in [2.75, 3.05) is 13.1 Å². The van der Waals surface area contributed by atoms with E-state index in [-0.39, 0.29) is 5.91 Å². The molecule has 21 heavy (non-hydrogen) atoms. The molecule has 110 valence electrons. The van der Waals surface area contributed by atoms with E-state index < -0.39 is 0 Å². The molecule has 0 bridgehead atoms. The van der Waals surface area contributed by atoms with Gasteiger partial charge in [-0.1, -0.05) is 36.4 Å². The molecule has 1 aromatic heterocycles. The first-order valence-corrected chi connectivity index (χ1v) is 6.94. The quantitative estimate of drug-likeness (QED) is 0.758. The van der Waals surface area contributed by atoms with Crippen LogP contribution in [-0.2, 0) is 17.9 Å². The molecule has 1 amide bonds. The van der Waals surface area contributed by atoms with Gasteiger partial charge in [0, 0.05) is 13.1 Å². The van der Waals surface area contributed by atoms with Crippen molar-refractivity contribution in [3.05, 3.63) is 72.7 Å². The number of benzene rings is 1. The van der Waals surface area contributed by atoms with E-state index in [4.69, 9.17) is 4.42 Å². The molecule has 0 aliphatic carbocycles. The van der Waals surface area contributed by atoms with E-state index >= 15 is 0 Å². The van der Waals surface area contributed by atoms with Crippen LogP contribution in [-0.4, -0.2) is 23.9 Å². The van der Waals surface area contributed by atoms with Gasteiger partial charge in [0.15, 0.2) is 0 Å². The standard InChI is InChI=1S/C17H20N2O2/c1-2-10-19(13-15-7-4-3-5-8-15)14-17(20)18-12-16-9-6-11-21-16/h2-9,11H,1,10,12-14H2,(H,18,20). The minimum atomic E-state index is -0.0239. The Labute approximate surface area is 125 Å². The Morgan fingerprint density at radius 2 is 2.05 bits per heavy atom. The molecule has 2 rings (SSSR count). The summed E-state index contributed by atoms with van der Waals surface area (Å²) in [6, 6.07) is 13.7. The second kappa shape index (κ2) is 8.07. The maximum Gasteiger partial charge on any atom is 0.234 e. The lowest BCUT2D eigenvalue weighted by atomic mass is 10.2. The van der Waals surface area contributed by atoms with Crippen molar-refractivity contribution in [1.82, 2.24) is 10.2 Å². The molecule has 0 unspecified atom stereocenters. The van der Waals surface area contributed by atoms with Gasteiger partial charge in [-0.05, 0) is 17.7 Å². The van der Waals surface area contributed by atoms with Gasteiger partial charge in [-0.25, -0.2) is 0 Å². The Balaban J connectivity index is 1.83. The molecule has 1 aromatic carbocycles. The molecule has 2 aromatic rings. The number of hydrogen-bond acceptors (Lipinski definition) is 3. The largest absolute Gasteiger partial charge is 0.467 e. The van der Waals surface area contributed by atoms with E-state index in [1.807, 2.05) is 35.2 Å². The lowest BCUT2D eigenvalue weighted by molar-refractivity contribution is -0.122. The van der Waals surface area contributed by atoms with E-state index in [0.29, 0.717) is 19.6 Å². The van der Waals surface area contributed by atoms with Crippen molar-refractivity contribution in [3.63, 3.8) is 0 Å². The second-order valence-corrected chi connectivity index (χ2v) is 4.80. The highest BCUT2D eigenvalue weighted by Crippen LogP contribution is 2.04. The van der Waals surface area contributed by atoms with Crippen LogP contribution in [0.1, 0.15) is 11.3 Å². The van der Waals surface area contributed by atoms with Crippen molar-refractivity contribution in [3.8, 4) is 0 Å². The van der Waals surface area contributed by atoms with Gasteiger partial charge in [-0.3, -0.25) is 9.69 Å². The van der Waals surface area contributed by atoms with Crippen molar-refractivity contribution < 1.29 is 9.21 Å². The minimum Gasteiger partial charge on any atom is -0.467 e. The Morgan fingerprint density at radius 3 is 2.71 bits per heavy atom. The molecule has 4 nitrogen and oxygen atoms in total. The summed E-state index contributed by atoms with van der Waals surface area (Å²) in [7, 11) is 0. The summed E-state index contributed by atoms with van der Waals surface area (Å²) in [5, 5.41) is 2.85. The fraction of sp³-hybridized carbons (Fsp3) is 0.235. The second-order valence-electron chi connectivity index (χ2n) is 4.80. The number of nitrogens with zero attached hydrogens (tertiary/aromatic N) is 1. The van der Waals surface area contributed by atoms with Crippen LogP contribution in [0.2, 0.25) is 0 Å². The minimum absolute atomic E-state index is 0.0239. The highest BCUT2D eigenvalue weighted by molar-refractivity contribution is 5.77. The molecule has 0 aliphatic heterocycles. The zero-order valence-electron chi connectivity index (χ0n) is 12.0. The van der Waals surface area contributed by atoms with E-state index in [0.717, 1.165) is 12.3 Å². The summed E-state index contributed by atoms with van der Waals surface area (Å²) in [4.78, 5) is 14.0. The van der Waals surface area contributed by atoms with Crippen molar-refractivity contribution in [2.24, 2.45) is 0 Å². The van der Waals surface area contributed by atoms with Crippen LogP contribution >= 0.6 is 0 Å². The first-order chi connectivity index (χ1) is 10.3. The summed E-state index contributed by atoms with van der Waals surface area (Å²) >= 11 is 0. The lowest BCUT2D eigenvalue weighted by Crippen LogP contribution is -2.36. The number of furan rings is 1. The molecule has 1 heterocycles. The van der Waals surface area contributed by atoms with Gasteiger partial charge in [-0.15, -0.1) is 6.58 Å². The molecule has 0 radical (unpaired) electrons. The maximum absolute atomic E-state index is 12.0. The van der Waals surface area contributed by atoms with E-state index in [2.05, 4.69) is 24.0 Å². The van der Waals surface area contributed by atoms with Crippen molar-refractivity contribution >= 4 is 5.91 Å². The van der Waals surface area contributed by atoms with Gasteiger partial charge in [-0.2, -0.15) is 0 Å². The summed E-state index contributed by atoms with van der Waals surface area (Å²) in [6.45, 7) is 5.89. The summed E-state index contributed by atoms with van der Waals surface area (Å²) in [6.07, 6.45) is 3.41. The van der Waals surface area contributed by atoms with Gasteiger partial charge < -0.3 is 9.73 Å². The first-order valence-electron chi connectivity index (χ1n) is 6.94. The Kier molecular flexibility index (Phi) is 5.79. The number of rotatable bonds is 8. The Hall–Kier alpha value is -2.33. The maximum atomic E-state index is 12.0. The molecule has 0 fully saturated rings. The fourth-order valence-electron chi connectivity index (χ4n) is 2.07. The summed E-state index contributed by atoms with van der Waals surface area (Å²) in [5.41, 5.74) is 1.18. The van der Waals surface area contributed by atoms with Crippen molar-refractivity contribution in [1.29, 1.82) is 0 Å². The molecule has 0 saturated carbocycles. The highest BCUT2D eigenvalue weighted by Gasteiger charge is 2.10. The Bertz CT molecular complexity index is 549. The van der Waals surface area contributed by atoms with Crippen LogP contribution in [0.15, 0.2) is 65.8 Å². The van der Waals surface area contributed by atoms with Gasteiger partial charge in [0.1, 0.15) is 5.76 Å². The normalized spacial score (nSPS) is 10.5. The third-order valence-electron chi connectivity index (χ3n) is 3.04. The van der Waals surface area contributed by atoms with E-state index in [9.17, 15) is 4.79 Å². The lowest BCUT2D eigenvalue weighted by Gasteiger charge is -2.20. The number of amides is 1. The SMILES string of the molecule is C=CCN(CC(=O)NCc1ccco1)Cc1ccccc1. The monoisotopic (exact) mass is 284 g/mol. The highest BCUT2D eigenvalue weighted by atomic mass is 16.3. The summed E-state index contributed by atoms with van der Waals surface area (Å²) < 4.78 is 5.19. The zero-order chi connectivity index (χ0) is 14.9. The van der Waals surface area contributed by atoms with Crippen LogP contribution in [0.4, 0.5) is 0 Å². The number of nitrogens with one attached hydrogen (secondary N) is 1. The average Bonchev–Trinajstić information content (AvgIpc) is 3.00. The van der Waals surface area contributed by atoms with Crippen LogP contribution in [0.5, 0.6) is 0 Å². The molecule has 4 heteroatoms. The van der Waals surface area contributed by atoms with Gasteiger partial charge in [0.25, 0.3) is 0 Å². The topological polar surface area (TPSA) is 45.5 Å². The molecule has 0 aliphatic rings. The number of carbonyl (C=O) groups excluding carboxylic acids is 1.